The standard InChI is InChI=1S/C19H16ClN5O2S/c1-2-27-17-8-7-16-21-15(11-25(16)24-17)12-5-6-13(20)14(10-12)22-19(26)23-18-4-3-9-28-18/h3-11H,2H2,1H3,(H2,22,23,26). The van der Waals surface area contributed by atoms with Crippen LogP contribution in [0.1, 0.15) is 6.92 Å². The lowest BCUT2D eigenvalue weighted by atomic mass is 10.1. The maximum Gasteiger partial charge on any atom is 0.324 e. The lowest BCUT2D eigenvalue weighted by Gasteiger charge is -2.09. The fourth-order valence-electron chi connectivity index (χ4n) is 2.62. The molecule has 0 unspecified atom stereocenters. The molecule has 3 heterocycles. The molecular formula is C19H16ClN5O2S. The van der Waals surface area contributed by atoms with E-state index >= 15 is 0 Å². The van der Waals surface area contributed by atoms with Gasteiger partial charge >= 0.3 is 6.03 Å². The van der Waals surface area contributed by atoms with Crippen molar-refractivity contribution in [1.29, 1.82) is 0 Å². The third kappa shape index (κ3) is 3.92. The number of benzene rings is 1. The number of carbonyl (C=O) groups is 1. The Balaban J connectivity index is 1.59. The summed E-state index contributed by atoms with van der Waals surface area (Å²) in [7, 11) is 0. The molecule has 0 fully saturated rings. The Kier molecular flexibility index (Phi) is 5.14. The molecule has 0 aliphatic heterocycles. The van der Waals surface area contributed by atoms with Crippen LogP contribution in [0.15, 0.2) is 54.0 Å². The highest BCUT2D eigenvalue weighted by Crippen LogP contribution is 2.29. The molecule has 0 bridgehead atoms. The number of carbonyl (C=O) groups excluding carboxylic acids is 1. The van der Waals surface area contributed by atoms with Gasteiger partial charge in [0, 0.05) is 11.6 Å². The minimum atomic E-state index is -0.362. The van der Waals surface area contributed by atoms with Crippen molar-refractivity contribution in [2.24, 2.45) is 0 Å². The predicted octanol–water partition coefficient (Wildman–Crippen LogP) is 5.15. The highest BCUT2D eigenvalue weighted by atomic mass is 35.5. The average molecular weight is 414 g/mol. The molecule has 4 aromatic rings. The third-order valence-electron chi connectivity index (χ3n) is 3.86. The summed E-state index contributed by atoms with van der Waals surface area (Å²) in [5.74, 6) is 0.530. The number of amides is 2. The molecule has 0 aliphatic carbocycles. The minimum Gasteiger partial charge on any atom is -0.477 e. The largest absolute Gasteiger partial charge is 0.477 e. The highest BCUT2D eigenvalue weighted by molar-refractivity contribution is 7.14. The van der Waals surface area contributed by atoms with Crippen molar-refractivity contribution in [1.82, 2.24) is 14.6 Å². The second-order valence-electron chi connectivity index (χ2n) is 5.78. The number of urea groups is 1. The number of nitrogens with one attached hydrogen (secondary N) is 2. The molecule has 4 rings (SSSR count). The van der Waals surface area contributed by atoms with Crippen molar-refractivity contribution in [3.8, 4) is 17.1 Å². The van der Waals surface area contributed by atoms with Crippen molar-refractivity contribution in [3.63, 3.8) is 0 Å². The van der Waals surface area contributed by atoms with Crippen molar-refractivity contribution >= 4 is 45.3 Å². The van der Waals surface area contributed by atoms with Crippen molar-refractivity contribution in [3.05, 3.63) is 59.1 Å². The Labute approximate surface area is 169 Å². The summed E-state index contributed by atoms with van der Waals surface area (Å²) in [4.78, 5) is 16.8. The average Bonchev–Trinajstić information content (AvgIpc) is 3.33. The summed E-state index contributed by atoms with van der Waals surface area (Å²) >= 11 is 7.69. The minimum absolute atomic E-state index is 0.362. The molecule has 142 valence electrons. The Morgan fingerprint density at radius 3 is 2.93 bits per heavy atom. The van der Waals surface area contributed by atoms with Gasteiger partial charge in [-0.2, -0.15) is 0 Å². The van der Waals surface area contributed by atoms with Crippen LogP contribution in [0.3, 0.4) is 0 Å². The summed E-state index contributed by atoms with van der Waals surface area (Å²) in [6.07, 6.45) is 1.80. The Bertz CT molecular complexity index is 1130. The van der Waals surface area contributed by atoms with Gasteiger partial charge in [0.2, 0.25) is 5.88 Å². The van der Waals surface area contributed by atoms with E-state index in [4.69, 9.17) is 16.3 Å². The van der Waals surface area contributed by atoms with Gasteiger partial charge in [0.25, 0.3) is 0 Å². The van der Waals surface area contributed by atoms with E-state index in [1.807, 2.05) is 36.6 Å². The molecule has 0 radical (unpaired) electrons. The van der Waals surface area contributed by atoms with Gasteiger partial charge in [-0.3, -0.25) is 5.32 Å². The maximum atomic E-state index is 12.2. The number of aromatic nitrogens is 3. The zero-order chi connectivity index (χ0) is 19.5. The monoisotopic (exact) mass is 413 g/mol. The quantitative estimate of drug-likeness (QED) is 0.474. The topological polar surface area (TPSA) is 80.5 Å². The van der Waals surface area contributed by atoms with E-state index in [0.29, 0.717) is 34.5 Å². The first kappa shape index (κ1) is 18.3. The smallest absolute Gasteiger partial charge is 0.324 e. The third-order valence-corrected chi connectivity index (χ3v) is 4.97. The zero-order valence-corrected chi connectivity index (χ0v) is 16.4. The number of halogens is 1. The van der Waals surface area contributed by atoms with Gasteiger partial charge in [0.15, 0.2) is 5.65 Å². The van der Waals surface area contributed by atoms with Gasteiger partial charge in [-0.25, -0.2) is 14.3 Å². The zero-order valence-electron chi connectivity index (χ0n) is 14.8. The number of nitrogens with zero attached hydrogens (tertiary/aromatic N) is 3. The van der Waals surface area contributed by atoms with E-state index in [1.165, 1.54) is 11.3 Å². The number of hydrogen-bond acceptors (Lipinski definition) is 5. The summed E-state index contributed by atoms with van der Waals surface area (Å²) in [6, 6.07) is 12.3. The first-order valence-electron chi connectivity index (χ1n) is 8.53. The fourth-order valence-corrected chi connectivity index (χ4v) is 3.40. The highest BCUT2D eigenvalue weighted by Gasteiger charge is 2.11. The molecule has 28 heavy (non-hydrogen) atoms. The summed E-state index contributed by atoms with van der Waals surface area (Å²) in [5.41, 5.74) is 2.70. The number of hydrogen-bond donors (Lipinski definition) is 2. The van der Waals surface area contributed by atoms with Crippen molar-refractivity contribution in [2.45, 2.75) is 6.92 Å². The number of fused-ring (bicyclic) bond motifs is 1. The number of rotatable bonds is 5. The van der Waals surface area contributed by atoms with Gasteiger partial charge in [-0.1, -0.05) is 17.7 Å². The van der Waals surface area contributed by atoms with E-state index in [0.717, 1.165) is 10.6 Å². The lowest BCUT2D eigenvalue weighted by Crippen LogP contribution is -2.19. The van der Waals surface area contributed by atoms with Crippen LogP contribution in [0.25, 0.3) is 16.9 Å². The first-order chi connectivity index (χ1) is 13.6. The Morgan fingerprint density at radius 2 is 2.14 bits per heavy atom. The number of thiophene rings is 1. The maximum absolute atomic E-state index is 12.2. The van der Waals surface area contributed by atoms with E-state index in [-0.39, 0.29) is 6.03 Å². The van der Waals surface area contributed by atoms with E-state index in [9.17, 15) is 4.79 Å². The molecule has 0 atom stereocenters. The van der Waals surface area contributed by atoms with Crippen LogP contribution in [0, 0.1) is 0 Å². The summed E-state index contributed by atoms with van der Waals surface area (Å²) in [5, 5.41) is 13.0. The lowest BCUT2D eigenvalue weighted by molar-refractivity contribution is 0.262. The van der Waals surface area contributed by atoms with Gasteiger partial charge in [-0.15, -0.1) is 16.4 Å². The van der Waals surface area contributed by atoms with Crippen molar-refractivity contribution < 1.29 is 9.53 Å². The number of ether oxygens (including phenoxy) is 1. The summed E-state index contributed by atoms with van der Waals surface area (Å²) in [6.45, 7) is 2.45. The second kappa shape index (κ2) is 7.87. The van der Waals surface area contributed by atoms with Crippen LogP contribution in [0.5, 0.6) is 5.88 Å². The molecule has 0 saturated heterocycles. The Hall–Kier alpha value is -3.10. The SMILES string of the molecule is CCOc1ccc2nc(-c3ccc(Cl)c(NC(=O)Nc4cccs4)c3)cn2n1. The van der Waals surface area contributed by atoms with E-state index < -0.39 is 0 Å². The molecule has 3 aromatic heterocycles. The Morgan fingerprint density at radius 1 is 1.25 bits per heavy atom. The van der Waals surface area contributed by atoms with Crippen LogP contribution in [0.4, 0.5) is 15.5 Å². The molecule has 1 aromatic carbocycles. The van der Waals surface area contributed by atoms with Crippen LogP contribution < -0.4 is 15.4 Å². The van der Waals surface area contributed by atoms with Crippen LogP contribution >= 0.6 is 22.9 Å². The van der Waals surface area contributed by atoms with Crippen molar-refractivity contribution in [2.75, 3.05) is 17.2 Å². The van der Waals surface area contributed by atoms with Crippen LogP contribution in [-0.4, -0.2) is 27.2 Å². The second-order valence-corrected chi connectivity index (χ2v) is 7.14. The molecule has 0 saturated carbocycles. The first-order valence-corrected chi connectivity index (χ1v) is 9.79. The van der Waals surface area contributed by atoms with Gasteiger partial charge in [-0.05, 0) is 42.6 Å². The molecule has 7 nitrogen and oxygen atoms in total. The molecule has 2 N–H and O–H groups in total. The number of imidazole rings is 1. The molecular weight excluding hydrogens is 398 g/mol. The molecule has 0 aliphatic rings. The van der Waals surface area contributed by atoms with Gasteiger partial charge in [0.1, 0.15) is 0 Å². The molecule has 0 spiro atoms. The number of anilines is 2. The van der Waals surface area contributed by atoms with Gasteiger partial charge < -0.3 is 10.1 Å². The van der Waals surface area contributed by atoms with Crippen LogP contribution in [-0.2, 0) is 0 Å². The molecule has 2 amide bonds. The molecule has 9 heteroatoms. The normalized spacial score (nSPS) is 10.8. The fraction of sp³-hybridized carbons (Fsp3) is 0.105. The van der Waals surface area contributed by atoms with E-state index in [1.54, 1.807) is 28.9 Å². The van der Waals surface area contributed by atoms with Crippen LogP contribution in [0.2, 0.25) is 5.02 Å². The van der Waals surface area contributed by atoms with Gasteiger partial charge in [0.05, 0.1) is 34.2 Å². The summed E-state index contributed by atoms with van der Waals surface area (Å²) < 4.78 is 7.08. The van der Waals surface area contributed by atoms with E-state index in [2.05, 4.69) is 20.7 Å². The predicted molar refractivity (Wildman–Crippen MR) is 112 cm³/mol.